The van der Waals surface area contributed by atoms with E-state index in [1.165, 1.54) is 0 Å². The monoisotopic (exact) mass is 332 g/mol. The summed E-state index contributed by atoms with van der Waals surface area (Å²) in [5.41, 5.74) is 1.83. The van der Waals surface area contributed by atoms with Gasteiger partial charge in [-0.1, -0.05) is 24.8 Å². The molecule has 2 aliphatic heterocycles. The molecular formula is C17H24N4OS. The summed E-state index contributed by atoms with van der Waals surface area (Å²) in [6, 6.07) is 7.84. The van der Waals surface area contributed by atoms with E-state index in [-0.39, 0.29) is 5.91 Å². The molecule has 0 bridgehead atoms. The van der Waals surface area contributed by atoms with Gasteiger partial charge in [0.1, 0.15) is 0 Å². The number of hydrogen-bond donors (Lipinski definition) is 0. The van der Waals surface area contributed by atoms with Gasteiger partial charge in [0.05, 0.1) is 6.54 Å². The number of aliphatic imine (C=N–C) groups is 1. The van der Waals surface area contributed by atoms with Gasteiger partial charge in [-0.2, -0.15) is 0 Å². The van der Waals surface area contributed by atoms with E-state index in [0.717, 1.165) is 49.1 Å². The highest BCUT2D eigenvalue weighted by molar-refractivity contribution is 8.14. The third kappa shape index (κ3) is 3.63. The van der Waals surface area contributed by atoms with Crippen LogP contribution in [0.2, 0.25) is 0 Å². The number of rotatable bonds is 2. The standard InChI is InChI=1S/C17H24N4OS/c1-13-12-18-17(23-13)21-9-7-20(8-10-21)16(22)14-5-4-6-15(11-14)19(2)3/h4-6,11,13H,7-10,12H2,1-3H3/t13-/m1/s1. The van der Waals surface area contributed by atoms with Crippen molar-refractivity contribution >= 4 is 28.5 Å². The summed E-state index contributed by atoms with van der Waals surface area (Å²) in [4.78, 5) is 23.6. The zero-order chi connectivity index (χ0) is 16.4. The zero-order valence-corrected chi connectivity index (χ0v) is 14.8. The molecule has 1 aromatic carbocycles. The van der Waals surface area contributed by atoms with E-state index in [0.29, 0.717) is 5.25 Å². The Labute approximate surface area is 142 Å². The fourth-order valence-corrected chi connectivity index (χ4v) is 3.83. The Morgan fingerprint density at radius 3 is 2.61 bits per heavy atom. The molecule has 2 heterocycles. The van der Waals surface area contributed by atoms with Crippen LogP contribution in [-0.2, 0) is 0 Å². The van der Waals surface area contributed by atoms with Crippen LogP contribution in [0, 0.1) is 0 Å². The average Bonchev–Trinajstić information content (AvgIpc) is 3.01. The predicted octanol–water partition coefficient (Wildman–Crippen LogP) is 2.00. The van der Waals surface area contributed by atoms with E-state index in [1.807, 2.05) is 59.9 Å². The number of amidine groups is 1. The van der Waals surface area contributed by atoms with Crippen LogP contribution < -0.4 is 4.90 Å². The molecule has 1 saturated heterocycles. The molecule has 124 valence electrons. The molecule has 1 fully saturated rings. The molecule has 0 unspecified atom stereocenters. The molecule has 3 rings (SSSR count). The van der Waals surface area contributed by atoms with Crippen molar-refractivity contribution < 1.29 is 4.79 Å². The molecule has 23 heavy (non-hydrogen) atoms. The third-order valence-electron chi connectivity index (χ3n) is 4.24. The molecule has 0 radical (unpaired) electrons. The second-order valence-electron chi connectivity index (χ2n) is 6.28. The van der Waals surface area contributed by atoms with Crippen LogP contribution in [0.5, 0.6) is 0 Å². The van der Waals surface area contributed by atoms with Crippen LogP contribution >= 0.6 is 11.8 Å². The number of amides is 1. The van der Waals surface area contributed by atoms with Crippen molar-refractivity contribution in [3.05, 3.63) is 29.8 Å². The second-order valence-corrected chi connectivity index (χ2v) is 7.68. The van der Waals surface area contributed by atoms with Crippen molar-refractivity contribution in [2.75, 3.05) is 51.7 Å². The van der Waals surface area contributed by atoms with Gasteiger partial charge >= 0.3 is 0 Å². The summed E-state index contributed by atoms with van der Waals surface area (Å²) in [5, 5.41) is 1.73. The molecule has 1 atom stereocenters. The van der Waals surface area contributed by atoms with E-state index in [1.54, 1.807) is 0 Å². The predicted molar refractivity (Wildman–Crippen MR) is 97.6 cm³/mol. The molecule has 0 aliphatic carbocycles. The first-order chi connectivity index (χ1) is 11.0. The van der Waals surface area contributed by atoms with Gasteiger partial charge in [-0.05, 0) is 18.2 Å². The molecule has 1 aromatic rings. The van der Waals surface area contributed by atoms with Crippen LogP contribution in [0.4, 0.5) is 5.69 Å². The second kappa shape index (κ2) is 6.83. The maximum Gasteiger partial charge on any atom is 0.254 e. The molecule has 0 saturated carbocycles. The van der Waals surface area contributed by atoms with E-state index in [4.69, 9.17) is 0 Å². The molecule has 6 heteroatoms. The van der Waals surface area contributed by atoms with Crippen LogP contribution in [0.3, 0.4) is 0 Å². The molecular weight excluding hydrogens is 308 g/mol. The maximum absolute atomic E-state index is 12.7. The highest BCUT2D eigenvalue weighted by Crippen LogP contribution is 2.24. The lowest BCUT2D eigenvalue weighted by Crippen LogP contribution is -2.49. The Morgan fingerprint density at radius 2 is 2.00 bits per heavy atom. The summed E-state index contributed by atoms with van der Waals surface area (Å²) >= 11 is 1.85. The lowest BCUT2D eigenvalue weighted by molar-refractivity contribution is 0.0693. The quantitative estimate of drug-likeness (QED) is 0.830. The van der Waals surface area contributed by atoms with Crippen LogP contribution in [-0.4, -0.2) is 72.9 Å². The van der Waals surface area contributed by atoms with Crippen molar-refractivity contribution in [1.29, 1.82) is 0 Å². The van der Waals surface area contributed by atoms with Gasteiger partial charge < -0.3 is 14.7 Å². The Balaban J connectivity index is 1.61. The third-order valence-corrected chi connectivity index (χ3v) is 5.39. The molecule has 0 aromatic heterocycles. The minimum Gasteiger partial charge on any atom is -0.378 e. The lowest BCUT2D eigenvalue weighted by Gasteiger charge is -2.35. The molecule has 2 aliphatic rings. The van der Waals surface area contributed by atoms with Crippen LogP contribution in [0.25, 0.3) is 0 Å². The number of benzene rings is 1. The van der Waals surface area contributed by atoms with Gasteiger partial charge in [0.2, 0.25) is 0 Å². The normalized spacial score (nSPS) is 21.3. The maximum atomic E-state index is 12.7. The Bertz CT molecular complexity index is 608. The summed E-state index contributed by atoms with van der Waals surface area (Å²) in [6.07, 6.45) is 0. The minimum atomic E-state index is 0.128. The van der Waals surface area contributed by atoms with Crippen molar-refractivity contribution in [2.45, 2.75) is 12.2 Å². The number of hydrogen-bond acceptors (Lipinski definition) is 5. The topological polar surface area (TPSA) is 39.1 Å². The molecule has 0 spiro atoms. The van der Waals surface area contributed by atoms with Gasteiger partial charge in [0.15, 0.2) is 5.17 Å². The van der Waals surface area contributed by atoms with Gasteiger partial charge in [0, 0.05) is 56.8 Å². The number of carbonyl (C=O) groups excluding carboxylic acids is 1. The SMILES string of the molecule is C[C@@H]1CN=C(N2CCN(C(=O)c3cccc(N(C)C)c3)CC2)S1. The minimum absolute atomic E-state index is 0.128. The largest absolute Gasteiger partial charge is 0.378 e. The lowest BCUT2D eigenvalue weighted by atomic mass is 10.1. The van der Waals surface area contributed by atoms with Crippen LogP contribution in [0.15, 0.2) is 29.3 Å². The summed E-state index contributed by atoms with van der Waals surface area (Å²) in [7, 11) is 3.98. The number of thioether (sulfide) groups is 1. The van der Waals surface area contributed by atoms with Crippen molar-refractivity contribution in [3.63, 3.8) is 0 Å². The molecule has 5 nitrogen and oxygen atoms in total. The van der Waals surface area contributed by atoms with Gasteiger partial charge in [-0.25, -0.2) is 0 Å². The number of carbonyl (C=O) groups is 1. The first-order valence-corrected chi connectivity index (χ1v) is 8.95. The van der Waals surface area contributed by atoms with E-state index in [2.05, 4.69) is 16.8 Å². The van der Waals surface area contributed by atoms with Crippen LogP contribution in [0.1, 0.15) is 17.3 Å². The number of nitrogens with zero attached hydrogens (tertiary/aromatic N) is 4. The van der Waals surface area contributed by atoms with Gasteiger partial charge in [-0.15, -0.1) is 0 Å². The van der Waals surface area contributed by atoms with E-state index in [9.17, 15) is 4.79 Å². The first kappa shape index (κ1) is 16.2. The highest BCUT2D eigenvalue weighted by Gasteiger charge is 2.27. The summed E-state index contributed by atoms with van der Waals surface area (Å²) in [5.74, 6) is 0.128. The van der Waals surface area contributed by atoms with Gasteiger partial charge in [0.25, 0.3) is 5.91 Å². The Kier molecular flexibility index (Phi) is 4.80. The fourth-order valence-electron chi connectivity index (χ4n) is 2.84. The smallest absolute Gasteiger partial charge is 0.254 e. The summed E-state index contributed by atoms with van der Waals surface area (Å²) in [6.45, 7) is 6.39. The van der Waals surface area contributed by atoms with Crippen molar-refractivity contribution in [2.24, 2.45) is 4.99 Å². The first-order valence-electron chi connectivity index (χ1n) is 8.07. The zero-order valence-electron chi connectivity index (χ0n) is 14.0. The summed E-state index contributed by atoms with van der Waals surface area (Å²) < 4.78 is 0. The molecule has 0 N–H and O–H groups in total. The number of piperazine rings is 1. The Hall–Kier alpha value is -1.69. The van der Waals surface area contributed by atoms with Crippen molar-refractivity contribution in [1.82, 2.24) is 9.80 Å². The molecule has 1 amide bonds. The fraction of sp³-hybridized carbons (Fsp3) is 0.529. The average molecular weight is 332 g/mol. The number of anilines is 1. The van der Waals surface area contributed by atoms with Gasteiger partial charge in [-0.3, -0.25) is 9.79 Å². The van der Waals surface area contributed by atoms with E-state index < -0.39 is 0 Å². The highest BCUT2D eigenvalue weighted by atomic mass is 32.2. The van der Waals surface area contributed by atoms with Crippen molar-refractivity contribution in [3.8, 4) is 0 Å². The van der Waals surface area contributed by atoms with E-state index >= 15 is 0 Å². The Morgan fingerprint density at radius 1 is 1.26 bits per heavy atom.